The third kappa shape index (κ3) is 5.85. The van der Waals surface area contributed by atoms with E-state index in [2.05, 4.69) is 10.6 Å². The molecular formula is C17H32N2O2. The molecular weight excluding hydrogens is 264 g/mol. The van der Waals surface area contributed by atoms with Gasteiger partial charge >= 0.3 is 6.09 Å². The van der Waals surface area contributed by atoms with E-state index in [-0.39, 0.29) is 12.1 Å². The van der Waals surface area contributed by atoms with Crippen molar-refractivity contribution >= 4 is 6.09 Å². The molecule has 2 N–H and O–H groups in total. The Kier molecular flexibility index (Phi) is 5.91. The average molecular weight is 296 g/mol. The molecule has 2 aliphatic rings. The third-order valence-corrected chi connectivity index (χ3v) is 4.63. The number of ether oxygens (including phenoxy) is 1. The van der Waals surface area contributed by atoms with Gasteiger partial charge in [0.25, 0.3) is 0 Å². The number of nitrogens with one attached hydrogen (secondary N) is 2. The minimum atomic E-state index is -0.419. The van der Waals surface area contributed by atoms with Crippen molar-refractivity contribution in [2.45, 2.75) is 89.8 Å². The molecule has 2 rings (SSSR count). The molecule has 2 unspecified atom stereocenters. The van der Waals surface area contributed by atoms with E-state index >= 15 is 0 Å². The second-order valence-electron chi connectivity index (χ2n) is 7.68. The van der Waals surface area contributed by atoms with Crippen LogP contribution in [0.1, 0.15) is 72.1 Å². The largest absolute Gasteiger partial charge is 0.444 e. The summed E-state index contributed by atoms with van der Waals surface area (Å²) >= 11 is 0. The van der Waals surface area contributed by atoms with Crippen molar-refractivity contribution in [2.24, 2.45) is 5.92 Å². The van der Waals surface area contributed by atoms with Crippen LogP contribution in [0.3, 0.4) is 0 Å². The van der Waals surface area contributed by atoms with Gasteiger partial charge in [-0.2, -0.15) is 0 Å². The average Bonchev–Trinajstić information content (AvgIpc) is 2.65. The molecule has 1 aliphatic carbocycles. The lowest BCUT2D eigenvalue weighted by atomic mass is 9.85. The zero-order valence-corrected chi connectivity index (χ0v) is 13.9. The van der Waals surface area contributed by atoms with Gasteiger partial charge in [0.05, 0.1) is 0 Å². The first-order valence-electron chi connectivity index (χ1n) is 8.67. The molecule has 4 heteroatoms. The van der Waals surface area contributed by atoms with Crippen LogP contribution in [0, 0.1) is 5.92 Å². The minimum Gasteiger partial charge on any atom is -0.444 e. The molecule has 0 bridgehead atoms. The van der Waals surface area contributed by atoms with Gasteiger partial charge in [-0.3, -0.25) is 0 Å². The van der Waals surface area contributed by atoms with Crippen molar-refractivity contribution in [3.63, 3.8) is 0 Å². The van der Waals surface area contributed by atoms with E-state index in [9.17, 15) is 4.79 Å². The Morgan fingerprint density at radius 2 is 1.76 bits per heavy atom. The fourth-order valence-electron chi connectivity index (χ4n) is 3.63. The highest BCUT2D eigenvalue weighted by Crippen LogP contribution is 2.29. The van der Waals surface area contributed by atoms with Crippen LogP contribution in [0.25, 0.3) is 0 Å². The number of rotatable bonds is 2. The summed E-state index contributed by atoms with van der Waals surface area (Å²) in [4.78, 5) is 11.9. The lowest BCUT2D eigenvalue weighted by molar-refractivity contribution is 0.0484. The number of carbonyl (C=O) groups is 1. The van der Waals surface area contributed by atoms with Crippen LogP contribution < -0.4 is 10.6 Å². The number of alkyl carbamates (subject to hydrolysis) is 1. The Morgan fingerprint density at radius 3 is 2.38 bits per heavy atom. The van der Waals surface area contributed by atoms with Crippen molar-refractivity contribution in [3.8, 4) is 0 Å². The fraction of sp³-hybridized carbons (Fsp3) is 0.941. The van der Waals surface area contributed by atoms with Gasteiger partial charge in [-0.05, 0) is 58.9 Å². The van der Waals surface area contributed by atoms with Gasteiger partial charge in [0, 0.05) is 12.1 Å². The molecule has 2 fully saturated rings. The monoisotopic (exact) mass is 296 g/mol. The van der Waals surface area contributed by atoms with Crippen LogP contribution in [0.15, 0.2) is 0 Å². The summed E-state index contributed by atoms with van der Waals surface area (Å²) in [6.45, 7) is 6.72. The molecule has 122 valence electrons. The Morgan fingerprint density at radius 1 is 1.10 bits per heavy atom. The Bertz CT molecular complexity index is 330. The first kappa shape index (κ1) is 16.6. The lowest BCUT2D eigenvalue weighted by Gasteiger charge is -2.36. The summed E-state index contributed by atoms with van der Waals surface area (Å²) in [6.07, 6.45) is 9.99. The maximum atomic E-state index is 11.9. The molecule has 0 aromatic heterocycles. The SMILES string of the molecule is CC(C)(C)OC(=O)NC1CCNC(C2CCCCCC2)C1. The van der Waals surface area contributed by atoms with Crippen molar-refractivity contribution in [3.05, 3.63) is 0 Å². The third-order valence-electron chi connectivity index (χ3n) is 4.63. The van der Waals surface area contributed by atoms with Gasteiger partial charge < -0.3 is 15.4 Å². The van der Waals surface area contributed by atoms with Crippen LogP contribution in [0.4, 0.5) is 4.79 Å². The first-order chi connectivity index (χ1) is 9.94. The summed E-state index contributed by atoms with van der Waals surface area (Å²) in [7, 11) is 0. The number of hydrogen-bond acceptors (Lipinski definition) is 3. The van der Waals surface area contributed by atoms with E-state index in [1.54, 1.807) is 0 Å². The summed E-state index contributed by atoms with van der Waals surface area (Å²) in [5.41, 5.74) is -0.419. The summed E-state index contributed by atoms with van der Waals surface area (Å²) in [5.74, 6) is 0.788. The molecule has 1 saturated carbocycles. The van der Waals surface area contributed by atoms with E-state index in [4.69, 9.17) is 4.74 Å². The molecule has 1 saturated heterocycles. The quantitative estimate of drug-likeness (QED) is 0.765. The molecule has 1 heterocycles. The Labute approximate surface area is 129 Å². The molecule has 0 spiro atoms. The molecule has 4 nitrogen and oxygen atoms in total. The highest BCUT2D eigenvalue weighted by atomic mass is 16.6. The second kappa shape index (κ2) is 7.48. The van der Waals surface area contributed by atoms with E-state index in [1.165, 1.54) is 38.5 Å². The molecule has 1 amide bonds. The Hall–Kier alpha value is -0.770. The smallest absolute Gasteiger partial charge is 0.407 e. The van der Waals surface area contributed by atoms with Gasteiger partial charge in [-0.1, -0.05) is 25.7 Å². The molecule has 0 aromatic carbocycles. The molecule has 2 atom stereocenters. The lowest BCUT2D eigenvalue weighted by Crippen LogP contribution is -2.51. The van der Waals surface area contributed by atoms with Crippen LogP contribution in [0.2, 0.25) is 0 Å². The van der Waals surface area contributed by atoms with Gasteiger partial charge in [0.1, 0.15) is 5.60 Å². The highest BCUT2D eigenvalue weighted by molar-refractivity contribution is 5.68. The minimum absolute atomic E-state index is 0.259. The maximum absolute atomic E-state index is 11.9. The van der Waals surface area contributed by atoms with Gasteiger partial charge in [-0.15, -0.1) is 0 Å². The van der Waals surface area contributed by atoms with Crippen LogP contribution >= 0.6 is 0 Å². The molecule has 0 aromatic rings. The fourth-order valence-corrected chi connectivity index (χ4v) is 3.63. The highest BCUT2D eigenvalue weighted by Gasteiger charge is 2.30. The normalized spacial score (nSPS) is 28.7. The van der Waals surface area contributed by atoms with Crippen molar-refractivity contribution in [1.82, 2.24) is 10.6 Å². The summed E-state index contributed by atoms with van der Waals surface area (Å²) < 4.78 is 5.37. The van der Waals surface area contributed by atoms with Crippen LogP contribution in [-0.4, -0.2) is 30.3 Å². The summed E-state index contributed by atoms with van der Waals surface area (Å²) in [5, 5.41) is 6.73. The first-order valence-corrected chi connectivity index (χ1v) is 8.67. The van der Waals surface area contributed by atoms with Crippen molar-refractivity contribution < 1.29 is 9.53 Å². The predicted molar refractivity (Wildman–Crippen MR) is 85.4 cm³/mol. The number of piperidine rings is 1. The standard InChI is InChI=1S/C17H32N2O2/c1-17(2,3)21-16(20)19-14-10-11-18-15(12-14)13-8-6-4-5-7-9-13/h13-15,18H,4-12H2,1-3H3,(H,19,20). The van der Waals surface area contributed by atoms with E-state index in [0.29, 0.717) is 6.04 Å². The molecule has 1 aliphatic heterocycles. The van der Waals surface area contributed by atoms with Crippen LogP contribution in [-0.2, 0) is 4.74 Å². The van der Waals surface area contributed by atoms with Gasteiger partial charge in [-0.25, -0.2) is 4.79 Å². The van der Waals surface area contributed by atoms with Crippen molar-refractivity contribution in [1.29, 1.82) is 0 Å². The Balaban J connectivity index is 1.81. The second-order valence-corrected chi connectivity index (χ2v) is 7.68. The van der Waals surface area contributed by atoms with Crippen LogP contribution in [0.5, 0.6) is 0 Å². The van der Waals surface area contributed by atoms with Gasteiger partial charge in [0.2, 0.25) is 0 Å². The van der Waals surface area contributed by atoms with Crippen molar-refractivity contribution in [2.75, 3.05) is 6.54 Å². The number of carbonyl (C=O) groups excluding carboxylic acids is 1. The van der Waals surface area contributed by atoms with E-state index in [1.807, 2.05) is 20.8 Å². The zero-order chi connectivity index (χ0) is 15.3. The topological polar surface area (TPSA) is 50.4 Å². The van der Waals surface area contributed by atoms with E-state index < -0.39 is 5.60 Å². The number of hydrogen-bond donors (Lipinski definition) is 2. The van der Waals surface area contributed by atoms with Gasteiger partial charge in [0.15, 0.2) is 0 Å². The summed E-state index contributed by atoms with van der Waals surface area (Å²) in [6, 6.07) is 0.825. The maximum Gasteiger partial charge on any atom is 0.407 e. The molecule has 0 radical (unpaired) electrons. The van der Waals surface area contributed by atoms with E-state index in [0.717, 1.165) is 25.3 Å². The molecule has 21 heavy (non-hydrogen) atoms. The predicted octanol–water partition coefficient (Wildman–Crippen LogP) is 3.60. The number of amides is 1. The zero-order valence-electron chi connectivity index (χ0n) is 13.9.